The van der Waals surface area contributed by atoms with Crippen LogP contribution in [0.3, 0.4) is 0 Å². The molecule has 0 unspecified atom stereocenters. The number of ether oxygens (including phenoxy) is 1. The highest BCUT2D eigenvalue weighted by Gasteiger charge is 2.60. The molecule has 170 valence electrons. The first-order valence-corrected chi connectivity index (χ1v) is 10.3. The van der Waals surface area contributed by atoms with E-state index in [9.17, 15) is 27.2 Å². The van der Waals surface area contributed by atoms with Gasteiger partial charge in [-0.1, -0.05) is 6.07 Å². The number of benzene rings is 1. The highest BCUT2D eigenvalue weighted by Crippen LogP contribution is 2.61. The van der Waals surface area contributed by atoms with Crippen LogP contribution in [0.4, 0.5) is 23.2 Å². The summed E-state index contributed by atoms with van der Waals surface area (Å²) >= 11 is 0. The summed E-state index contributed by atoms with van der Waals surface area (Å²) in [6.45, 7) is 1.32. The van der Waals surface area contributed by atoms with Gasteiger partial charge in [-0.25, -0.2) is 13.2 Å². The molecule has 2 aliphatic rings. The van der Waals surface area contributed by atoms with Gasteiger partial charge in [-0.15, -0.1) is 0 Å². The molecule has 1 heterocycles. The monoisotopic (exact) mass is 450 g/mol. The summed E-state index contributed by atoms with van der Waals surface area (Å²) in [6.07, 6.45) is 2.43. The van der Waals surface area contributed by atoms with Crippen LogP contribution in [0.25, 0.3) is 0 Å². The minimum atomic E-state index is -2.95. The summed E-state index contributed by atoms with van der Waals surface area (Å²) < 4.78 is 62.5. The summed E-state index contributed by atoms with van der Waals surface area (Å²) in [5.74, 6) is -9.95. The van der Waals surface area contributed by atoms with Crippen molar-refractivity contribution in [2.75, 3.05) is 12.4 Å². The molecule has 1 N–H and O–H groups in total. The van der Waals surface area contributed by atoms with Crippen LogP contribution in [0.2, 0.25) is 0 Å². The van der Waals surface area contributed by atoms with Gasteiger partial charge in [-0.05, 0) is 37.8 Å². The summed E-state index contributed by atoms with van der Waals surface area (Å²) in [5.41, 5.74) is 0.599. The number of pyridine rings is 1. The number of hydrogen-bond acceptors (Lipinski definition) is 4. The topological polar surface area (TPSA) is 68.3 Å². The van der Waals surface area contributed by atoms with E-state index in [2.05, 4.69) is 10.3 Å². The molecule has 0 radical (unpaired) electrons. The Bertz CT molecular complexity index is 1080. The van der Waals surface area contributed by atoms with Crippen molar-refractivity contribution in [3.63, 3.8) is 0 Å². The number of fused-ring (bicyclic) bond motifs is 1. The van der Waals surface area contributed by atoms with E-state index in [1.165, 1.54) is 38.6 Å². The lowest BCUT2D eigenvalue weighted by molar-refractivity contribution is -0.120. The Labute approximate surface area is 182 Å². The van der Waals surface area contributed by atoms with E-state index in [1.807, 2.05) is 0 Å². The van der Waals surface area contributed by atoms with E-state index in [4.69, 9.17) is 4.74 Å². The zero-order valence-corrected chi connectivity index (χ0v) is 17.5. The second-order valence-electron chi connectivity index (χ2n) is 8.39. The van der Waals surface area contributed by atoms with Gasteiger partial charge < -0.3 is 10.1 Å². The van der Waals surface area contributed by atoms with Gasteiger partial charge in [0.15, 0.2) is 17.3 Å². The van der Waals surface area contributed by atoms with Crippen molar-refractivity contribution in [2.24, 2.45) is 17.8 Å². The van der Waals surface area contributed by atoms with Crippen LogP contribution in [-0.4, -0.2) is 29.7 Å². The van der Waals surface area contributed by atoms with Gasteiger partial charge in [0.05, 0.1) is 18.4 Å². The lowest BCUT2D eigenvalue weighted by Gasteiger charge is -2.26. The molecule has 2 aliphatic carbocycles. The maximum Gasteiger partial charge on any atom is 0.251 e. The highest BCUT2D eigenvalue weighted by atomic mass is 19.3. The SMILES string of the molecule is COc1c([C@@H]2[C@@H]3CCC(F)(F)[C@@H]3C[C@H]2C(=O)Nc2ccncc2C(C)=O)ccc(F)c1F. The van der Waals surface area contributed by atoms with E-state index in [1.54, 1.807) is 0 Å². The normalized spacial score (nSPS) is 25.9. The third kappa shape index (κ3) is 3.63. The van der Waals surface area contributed by atoms with Gasteiger partial charge in [0, 0.05) is 42.1 Å². The summed E-state index contributed by atoms with van der Waals surface area (Å²) in [4.78, 5) is 29.0. The van der Waals surface area contributed by atoms with E-state index in [0.717, 1.165) is 6.07 Å². The number of nitrogens with one attached hydrogen (secondary N) is 1. The lowest BCUT2D eigenvalue weighted by atomic mass is 9.81. The third-order valence-electron chi connectivity index (χ3n) is 6.71. The molecular weight excluding hydrogens is 428 g/mol. The number of methoxy groups -OCH3 is 1. The molecule has 4 atom stereocenters. The van der Waals surface area contributed by atoms with Crippen LogP contribution in [-0.2, 0) is 4.79 Å². The third-order valence-corrected chi connectivity index (χ3v) is 6.71. The summed E-state index contributed by atoms with van der Waals surface area (Å²) in [6, 6.07) is 3.67. The van der Waals surface area contributed by atoms with Crippen LogP contribution in [0.15, 0.2) is 30.6 Å². The average Bonchev–Trinajstić information content (AvgIpc) is 3.27. The minimum Gasteiger partial charge on any atom is -0.493 e. The fourth-order valence-corrected chi connectivity index (χ4v) is 5.30. The average molecular weight is 450 g/mol. The first kappa shape index (κ1) is 22.2. The fraction of sp³-hybridized carbons (Fsp3) is 0.435. The Balaban J connectivity index is 1.75. The Morgan fingerprint density at radius 1 is 1.22 bits per heavy atom. The number of amides is 1. The van der Waals surface area contributed by atoms with Crippen molar-refractivity contribution < 1.29 is 31.9 Å². The number of carbonyl (C=O) groups excluding carboxylic acids is 2. The maximum atomic E-state index is 14.6. The molecule has 1 aromatic heterocycles. The zero-order chi connectivity index (χ0) is 23.2. The van der Waals surface area contributed by atoms with Gasteiger partial charge in [0.2, 0.25) is 11.7 Å². The molecular formula is C23H22F4N2O3. The number of carbonyl (C=O) groups is 2. The first-order chi connectivity index (χ1) is 15.2. The number of ketones is 1. The van der Waals surface area contributed by atoms with Crippen molar-refractivity contribution in [1.29, 1.82) is 0 Å². The van der Waals surface area contributed by atoms with Crippen molar-refractivity contribution in [2.45, 2.75) is 38.0 Å². The molecule has 4 rings (SSSR count). The molecule has 2 saturated carbocycles. The quantitative estimate of drug-likeness (QED) is 0.516. The Morgan fingerprint density at radius 2 is 1.97 bits per heavy atom. The van der Waals surface area contributed by atoms with Crippen molar-refractivity contribution in [3.8, 4) is 5.75 Å². The number of rotatable bonds is 5. The number of alkyl halides is 2. The molecule has 32 heavy (non-hydrogen) atoms. The smallest absolute Gasteiger partial charge is 0.251 e. The van der Waals surface area contributed by atoms with Gasteiger partial charge in [-0.3, -0.25) is 14.6 Å². The standard InChI is InChI=1S/C23H22F4N2O3/c1-11(30)15-10-28-8-6-18(15)29-22(31)14-9-16-12(5-7-23(16,26)27)19(14)13-3-4-17(24)20(25)21(13)32-2/h3-4,6,8,10,12,14,16,19H,5,7,9H2,1-2H3,(H,28,29,31)/t12-,14-,16-,19+/m1/s1. The van der Waals surface area contributed by atoms with E-state index < -0.39 is 47.1 Å². The predicted octanol–water partition coefficient (Wildman–Crippen LogP) is 4.97. The molecule has 0 aliphatic heterocycles. The molecule has 0 spiro atoms. The van der Waals surface area contributed by atoms with Gasteiger partial charge >= 0.3 is 0 Å². The van der Waals surface area contributed by atoms with Crippen LogP contribution in [0.1, 0.15) is 48.0 Å². The summed E-state index contributed by atoms with van der Waals surface area (Å²) in [7, 11) is 1.17. The molecule has 2 aromatic rings. The Kier molecular flexibility index (Phi) is 5.68. The molecule has 1 amide bonds. The second-order valence-corrected chi connectivity index (χ2v) is 8.39. The van der Waals surface area contributed by atoms with E-state index >= 15 is 0 Å². The molecule has 5 nitrogen and oxygen atoms in total. The van der Waals surface area contributed by atoms with Crippen molar-refractivity contribution in [3.05, 3.63) is 53.4 Å². The van der Waals surface area contributed by atoms with Crippen LogP contribution in [0.5, 0.6) is 5.75 Å². The second kappa shape index (κ2) is 8.18. The van der Waals surface area contributed by atoms with E-state index in [-0.39, 0.29) is 47.6 Å². The van der Waals surface area contributed by atoms with E-state index in [0.29, 0.717) is 0 Å². The Hall–Kier alpha value is -2.97. The number of nitrogens with zero attached hydrogens (tertiary/aromatic N) is 1. The van der Waals surface area contributed by atoms with Crippen molar-refractivity contribution in [1.82, 2.24) is 4.98 Å². The maximum absolute atomic E-state index is 14.6. The minimum absolute atomic E-state index is 0.114. The van der Waals surface area contributed by atoms with Gasteiger partial charge in [-0.2, -0.15) is 4.39 Å². The molecule has 9 heteroatoms. The summed E-state index contributed by atoms with van der Waals surface area (Å²) in [5, 5.41) is 2.66. The number of halogens is 4. The number of aromatic nitrogens is 1. The fourth-order valence-electron chi connectivity index (χ4n) is 5.30. The first-order valence-electron chi connectivity index (χ1n) is 10.3. The van der Waals surface area contributed by atoms with Crippen LogP contribution < -0.4 is 10.1 Å². The van der Waals surface area contributed by atoms with Crippen LogP contribution in [0, 0.1) is 29.4 Å². The Morgan fingerprint density at radius 3 is 2.66 bits per heavy atom. The largest absolute Gasteiger partial charge is 0.493 e. The molecule has 0 bridgehead atoms. The number of hydrogen-bond donors (Lipinski definition) is 1. The molecule has 1 aromatic carbocycles. The predicted molar refractivity (Wildman–Crippen MR) is 108 cm³/mol. The van der Waals surface area contributed by atoms with Gasteiger partial charge in [0.1, 0.15) is 0 Å². The highest BCUT2D eigenvalue weighted by molar-refractivity contribution is 6.04. The number of anilines is 1. The zero-order valence-electron chi connectivity index (χ0n) is 17.5. The molecule has 2 fully saturated rings. The van der Waals surface area contributed by atoms with Gasteiger partial charge in [0.25, 0.3) is 5.92 Å². The lowest BCUT2D eigenvalue weighted by Crippen LogP contribution is -2.28. The van der Waals surface area contributed by atoms with Crippen molar-refractivity contribution >= 4 is 17.4 Å². The molecule has 0 saturated heterocycles. The van der Waals surface area contributed by atoms with Crippen LogP contribution >= 0.6 is 0 Å². The number of Topliss-reactive ketones (excluding diaryl/α,β-unsaturated/α-hetero) is 1.